The second kappa shape index (κ2) is 8.57. The minimum Gasteiger partial charge on any atom is -0.483 e. The van der Waals surface area contributed by atoms with Crippen LogP contribution in [0.25, 0.3) is 5.70 Å². The van der Waals surface area contributed by atoms with Gasteiger partial charge in [0.15, 0.2) is 0 Å². The summed E-state index contributed by atoms with van der Waals surface area (Å²) in [5.41, 5.74) is 2.83. The molecule has 1 aliphatic rings. The van der Waals surface area contributed by atoms with Crippen LogP contribution in [0.5, 0.6) is 5.75 Å². The summed E-state index contributed by atoms with van der Waals surface area (Å²) in [6.07, 6.45) is 5.65. The second-order valence-corrected chi connectivity index (χ2v) is 5.96. The van der Waals surface area contributed by atoms with E-state index >= 15 is 0 Å². The van der Waals surface area contributed by atoms with Crippen LogP contribution in [0.15, 0.2) is 18.2 Å². The monoisotopic (exact) mass is 399 g/mol. The Bertz CT molecular complexity index is 550. The van der Waals surface area contributed by atoms with Crippen molar-refractivity contribution in [2.45, 2.75) is 18.7 Å². The number of allylic oxidation sites excluding steroid dienone is 1. The average molecular weight is 400 g/mol. The third-order valence-electron chi connectivity index (χ3n) is 3.18. The fraction of sp³-hybridized carbons (Fsp3) is 0.400. The number of thioether (sulfide) groups is 1. The minimum atomic E-state index is -0.506. The maximum atomic E-state index is 11.9. The van der Waals surface area contributed by atoms with Crippen LogP contribution in [-0.4, -0.2) is 35.4 Å². The third-order valence-corrected chi connectivity index (χ3v) is 3.87. The van der Waals surface area contributed by atoms with Gasteiger partial charge in [-0.15, -0.1) is 46.3 Å². The van der Waals surface area contributed by atoms with Gasteiger partial charge in [0.2, 0.25) is 5.91 Å². The molecule has 1 aliphatic heterocycles. The maximum Gasteiger partial charge on any atom is 0.240 e. The minimum absolute atomic E-state index is 0. The normalized spacial score (nSPS) is 18.1. The summed E-state index contributed by atoms with van der Waals surface area (Å²) in [5.74, 6) is 1.38. The van der Waals surface area contributed by atoms with Gasteiger partial charge in [-0.3, -0.25) is 4.79 Å². The summed E-state index contributed by atoms with van der Waals surface area (Å²) < 4.78 is 5.57. The summed E-state index contributed by atoms with van der Waals surface area (Å²) in [5, 5.41) is -0.506. The molecule has 0 aliphatic carbocycles. The Labute approximate surface area is 160 Å². The molecule has 1 aromatic carbocycles. The first-order valence-electron chi connectivity index (χ1n) is 6.30. The van der Waals surface area contributed by atoms with Crippen molar-refractivity contribution in [3.05, 3.63) is 35.4 Å². The van der Waals surface area contributed by atoms with E-state index in [4.69, 9.17) is 16.3 Å². The molecule has 1 unspecified atom stereocenters. The van der Waals surface area contributed by atoms with Gasteiger partial charge < -0.3 is 9.64 Å². The average Bonchev–Trinajstić information content (AvgIpc) is 2.44. The summed E-state index contributed by atoms with van der Waals surface area (Å²) in [6.45, 7) is 2.00. The number of hydrogen-bond donors (Lipinski definition) is 0. The van der Waals surface area contributed by atoms with Gasteiger partial charge in [-0.2, -0.15) is 0 Å². The number of nitrogens with zero attached hydrogens (tertiary/aromatic N) is 1. The molecule has 21 heavy (non-hydrogen) atoms. The zero-order valence-electron chi connectivity index (χ0n) is 12.4. The molecule has 111 valence electrons. The number of benzene rings is 1. The molecule has 1 aromatic rings. The largest absolute Gasteiger partial charge is 0.483 e. The molecule has 0 saturated heterocycles. The summed E-state index contributed by atoms with van der Waals surface area (Å²) in [4.78, 5) is 13.5. The molecule has 1 atom stereocenters. The van der Waals surface area contributed by atoms with Gasteiger partial charge in [-0.05, 0) is 18.4 Å². The Morgan fingerprint density at radius 1 is 1.52 bits per heavy atom. The van der Waals surface area contributed by atoms with Gasteiger partial charge in [0.25, 0.3) is 0 Å². The molecular weight excluding hydrogens is 383 g/mol. The van der Waals surface area contributed by atoms with Gasteiger partial charge >= 0.3 is 0 Å². The number of ether oxygens (including phenoxy) is 1. The summed E-state index contributed by atoms with van der Waals surface area (Å²) in [6, 6.07) is 5.86. The van der Waals surface area contributed by atoms with E-state index in [1.807, 2.05) is 31.4 Å². The fourth-order valence-electron chi connectivity index (χ4n) is 2.11. The zero-order chi connectivity index (χ0) is 14.7. The molecule has 0 bridgehead atoms. The first-order valence-corrected chi connectivity index (χ1v) is 8.13. The zero-order valence-corrected chi connectivity index (χ0v) is 16.8. The van der Waals surface area contributed by atoms with Crippen molar-refractivity contribution in [2.75, 3.05) is 19.2 Å². The number of amides is 1. The van der Waals surface area contributed by atoms with E-state index in [1.165, 1.54) is 0 Å². The van der Waals surface area contributed by atoms with Crippen LogP contribution in [-0.2, 0) is 37.5 Å². The molecule has 1 amide bonds. The molecule has 0 spiro atoms. The van der Waals surface area contributed by atoms with E-state index in [9.17, 15) is 4.79 Å². The smallest absolute Gasteiger partial charge is 0.240 e. The first kappa shape index (κ1) is 19.0. The predicted octanol–water partition coefficient (Wildman–Crippen LogP) is 3.31. The van der Waals surface area contributed by atoms with Gasteiger partial charge in [0.1, 0.15) is 17.1 Å². The van der Waals surface area contributed by atoms with Crippen LogP contribution in [0.2, 0.25) is 0 Å². The van der Waals surface area contributed by atoms with E-state index in [0.717, 1.165) is 22.6 Å². The standard InChI is InChI=1S/C15H17ClNO2S.Y/c1-10-8-11(19-9-20-3)4-5-12(10)14-7-6-13(16)15(18)17(14)2;/h4-5,8,13H,6,9H2,1-3H3;/q-1;. The quantitative estimate of drug-likeness (QED) is 0.442. The van der Waals surface area contributed by atoms with E-state index in [-0.39, 0.29) is 38.6 Å². The predicted molar refractivity (Wildman–Crippen MR) is 83.9 cm³/mol. The third kappa shape index (κ3) is 4.47. The molecule has 0 N–H and O–H groups in total. The van der Waals surface area contributed by atoms with Crippen molar-refractivity contribution in [3.63, 3.8) is 0 Å². The Hall–Kier alpha value is -0.0261. The van der Waals surface area contributed by atoms with Crippen LogP contribution < -0.4 is 4.74 Å². The van der Waals surface area contributed by atoms with E-state index in [2.05, 4.69) is 6.08 Å². The van der Waals surface area contributed by atoms with Crippen LogP contribution in [0.3, 0.4) is 0 Å². The molecule has 0 saturated carbocycles. The number of rotatable bonds is 4. The second-order valence-electron chi connectivity index (χ2n) is 4.62. The Balaban J connectivity index is 0.00000220. The van der Waals surface area contributed by atoms with Gasteiger partial charge in [0, 0.05) is 39.8 Å². The van der Waals surface area contributed by atoms with Gasteiger partial charge in [-0.1, -0.05) is 13.3 Å². The van der Waals surface area contributed by atoms with Gasteiger partial charge in [0.05, 0.1) is 0 Å². The fourth-order valence-corrected chi connectivity index (χ4v) is 2.58. The number of carbonyl (C=O) groups is 1. The SMILES string of the molecule is CSCOc1ccc(C2=[C-]CC(Cl)C(=O)N2C)c(C)c1.[Y]. The molecule has 2 rings (SSSR count). The van der Waals surface area contributed by atoms with Crippen molar-refractivity contribution in [1.82, 2.24) is 4.90 Å². The number of alkyl halides is 1. The van der Waals surface area contributed by atoms with Crippen LogP contribution in [0, 0.1) is 13.0 Å². The molecule has 0 fully saturated rings. The number of aryl methyl sites for hydroxylation is 1. The Morgan fingerprint density at radius 3 is 2.86 bits per heavy atom. The molecule has 0 aromatic heterocycles. The van der Waals surface area contributed by atoms with Crippen LogP contribution in [0.1, 0.15) is 17.5 Å². The molecule has 1 radical (unpaired) electrons. The van der Waals surface area contributed by atoms with Crippen LogP contribution in [0.4, 0.5) is 0 Å². The van der Waals surface area contributed by atoms with E-state index < -0.39 is 5.38 Å². The van der Waals surface area contributed by atoms with Crippen molar-refractivity contribution in [2.24, 2.45) is 0 Å². The van der Waals surface area contributed by atoms with Crippen molar-refractivity contribution >= 4 is 35.0 Å². The van der Waals surface area contributed by atoms with Crippen LogP contribution >= 0.6 is 23.4 Å². The Morgan fingerprint density at radius 2 is 2.24 bits per heavy atom. The van der Waals surface area contributed by atoms with Crippen molar-refractivity contribution in [3.8, 4) is 5.75 Å². The first-order chi connectivity index (χ1) is 9.54. The number of carbonyl (C=O) groups excluding carboxylic acids is 1. The van der Waals surface area contributed by atoms with Crippen molar-refractivity contribution < 1.29 is 42.2 Å². The van der Waals surface area contributed by atoms with E-state index in [1.54, 1.807) is 23.7 Å². The summed E-state index contributed by atoms with van der Waals surface area (Å²) in [7, 11) is 1.73. The van der Waals surface area contributed by atoms with Gasteiger partial charge in [-0.25, -0.2) is 6.08 Å². The van der Waals surface area contributed by atoms with Crippen molar-refractivity contribution in [1.29, 1.82) is 0 Å². The topological polar surface area (TPSA) is 29.5 Å². The molecule has 3 nitrogen and oxygen atoms in total. The molecular formula is C15H17ClNO2SY-. The van der Waals surface area contributed by atoms with E-state index in [0.29, 0.717) is 12.4 Å². The summed E-state index contributed by atoms with van der Waals surface area (Å²) >= 11 is 7.58. The molecule has 1 heterocycles. The Kier molecular flexibility index (Phi) is 7.76. The maximum absolute atomic E-state index is 11.9. The molecule has 6 heteroatoms. The number of halogens is 1. The number of hydrogen-bond acceptors (Lipinski definition) is 3.